The maximum absolute atomic E-state index is 13.6. The Labute approximate surface area is 217 Å². The Hall–Kier alpha value is -2.19. The van der Waals surface area contributed by atoms with Gasteiger partial charge in [-0.1, -0.05) is 82.9 Å². The van der Waals surface area contributed by atoms with Gasteiger partial charge in [0.05, 0.1) is 10.5 Å². The monoisotopic (exact) mass is 512 g/mol. The number of amides is 1. The Bertz CT molecular complexity index is 1170. The van der Waals surface area contributed by atoms with Crippen LogP contribution in [-0.4, -0.2) is 44.1 Å². The molecule has 2 atom stereocenters. The molecule has 2 saturated heterocycles. The van der Waals surface area contributed by atoms with Crippen LogP contribution in [-0.2, 0) is 4.79 Å². The number of nitrogens with zero attached hydrogens (tertiary/aromatic N) is 4. The number of anilines is 1. The summed E-state index contributed by atoms with van der Waals surface area (Å²) in [7, 11) is 0. The highest BCUT2D eigenvalue weighted by Crippen LogP contribution is 2.34. The fourth-order valence-electron chi connectivity index (χ4n) is 5.17. The highest BCUT2D eigenvalue weighted by Gasteiger charge is 2.33. The molecule has 188 valence electrons. The van der Waals surface area contributed by atoms with Crippen molar-refractivity contribution in [3.8, 4) is 0 Å². The fraction of sp³-hybridized carbons (Fsp3) is 0.556. The Kier molecular flexibility index (Phi) is 8.65. The molecule has 4 heterocycles. The number of thiocarbonyl (C=S) groups is 1. The van der Waals surface area contributed by atoms with Gasteiger partial charge < -0.3 is 4.90 Å². The van der Waals surface area contributed by atoms with Crippen molar-refractivity contribution < 1.29 is 4.79 Å². The van der Waals surface area contributed by atoms with E-state index in [0.29, 0.717) is 44.6 Å². The first-order chi connectivity index (χ1) is 16.9. The van der Waals surface area contributed by atoms with Gasteiger partial charge in [0.2, 0.25) is 0 Å². The number of aromatic nitrogens is 2. The molecule has 0 N–H and O–H groups in total. The molecule has 2 fully saturated rings. The number of piperidine rings is 1. The van der Waals surface area contributed by atoms with Crippen LogP contribution in [0.3, 0.4) is 0 Å². The van der Waals surface area contributed by atoms with Gasteiger partial charge in [0.1, 0.15) is 15.8 Å². The van der Waals surface area contributed by atoms with E-state index in [4.69, 9.17) is 17.2 Å². The molecule has 2 aliphatic heterocycles. The molecule has 35 heavy (non-hydrogen) atoms. The summed E-state index contributed by atoms with van der Waals surface area (Å²) in [6.45, 7) is 9.02. The van der Waals surface area contributed by atoms with Gasteiger partial charge in [0, 0.05) is 25.8 Å². The van der Waals surface area contributed by atoms with Gasteiger partial charge in [-0.2, -0.15) is 0 Å². The van der Waals surface area contributed by atoms with Gasteiger partial charge in [0.15, 0.2) is 0 Å². The fourth-order valence-corrected chi connectivity index (χ4v) is 6.46. The summed E-state index contributed by atoms with van der Waals surface area (Å²) in [6, 6.07) is 5.57. The second kappa shape index (κ2) is 11.7. The van der Waals surface area contributed by atoms with Crippen LogP contribution in [0.4, 0.5) is 5.82 Å². The number of thioether (sulfide) groups is 1. The average molecular weight is 513 g/mol. The quantitative estimate of drug-likeness (QED) is 0.243. The van der Waals surface area contributed by atoms with Crippen LogP contribution in [0.2, 0.25) is 0 Å². The first kappa shape index (κ1) is 25.9. The zero-order chi connectivity index (χ0) is 24.9. The summed E-state index contributed by atoms with van der Waals surface area (Å²) in [5.74, 6) is 1.59. The molecule has 0 aliphatic carbocycles. The van der Waals surface area contributed by atoms with Crippen molar-refractivity contribution in [1.82, 2.24) is 14.3 Å². The number of hydrogen-bond donors (Lipinski definition) is 0. The third-order valence-corrected chi connectivity index (χ3v) is 8.18. The summed E-state index contributed by atoms with van der Waals surface area (Å²) in [5.41, 5.74) is 0.930. The van der Waals surface area contributed by atoms with Crippen LogP contribution in [0.1, 0.15) is 71.3 Å². The first-order valence-corrected chi connectivity index (χ1v) is 14.1. The van der Waals surface area contributed by atoms with Gasteiger partial charge in [-0.3, -0.25) is 18.9 Å². The second-order valence-corrected chi connectivity index (χ2v) is 11.7. The number of carbonyl (C=O) groups is 1. The van der Waals surface area contributed by atoms with Gasteiger partial charge in [-0.25, -0.2) is 4.98 Å². The summed E-state index contributed by atoms with van der Waals surface area (Å²) in [6.07, 6.45) is 11.6. The normalized spacial score (nSPS) is 22.1. The summed E-state index contributed by atoms with van der Waals surface area (Å²) >= 11 is 6.84. The van der Waals surface area contributed by atoms with E-state index in [1.165, 1.54) is 37.4 Å². The lowest BCUT2D eigenvalue weighted by Gasteiger charge is -2.36. The van der Waals surface area contributed by atoms with Crippen LogP contribution in [0.25, 0.3) is 11.7 Å². The van der Waals surface area contributed by atoms with Crippen molar-refractivity contribution in [2.45, 2.75) is 65.7 Å². The minimum Gasteiger partial charge on any atom is -0.355 e. The molecule has 0 spiro atoms. The molecule has 2 aromatic heterocycles. The predicted molar refractivity (Wildman–Crippen MR) is 150 cm³/mol. The maximum atomic E-state index is 13.6. The smallest absolute Gasteiger partial charge is 0.267 e. The van der Waals surface area contributed by atoms with E-state index in [0.717, 1.165) is 32.4 Å². The number of pyridine rings is 1. The lowest BCUT2D eigenvalue weighted by atomic mass is 9.91. The predicted octanol–water partition coefficient (Wildman–Crippen LogP) is 5.74. The lowest BCUT2D eigenvalue weighted by Crippen LogP contribution is -2.40. The van der Waals surface area contributed by atoms with Crippen molar-refractivity contribution in [2.75, 3.05) is 24.5 Å². The Morgan fingerprint density at radius 3 is 2.54 bits per heavy atom. The van der Waals surface area contributed by atoms with E-state index in [2.05, 4.69) is 25.7 Å². The summed E-state index contributed by atoms with van der Waals surface area (Å²) in [4.78, 5) is 36.2. The van der Waals surface area contributed by atoms with Crippen LogP contribution in [0, 0.1) is 11.8 Å². The Balaban J connectivity index is 1.63. The molecule has 0 saturated carbocycles. The molecule has 1 amide bonds. The number of carbonyl (C=O) groups excluding carboxylic acids is 1. The molecule has 4 rings (SSSR count). The summed E-state index contributed by atoms with van der Waals surface area (Å²) < 4.78 is 2.13. The minimum absolute atomic E-state index is 0.0996. The van der Waals surface area contributed by atoms with E-state index in [1.807, 2.05) is 18.2 Å². The minimum atomic E-state index is -0.155. The van der Waals surface area contributed by atoms with Crippen molar-refractivity contribution in [2.24, 2.45) is 11.8 Å². The standard InChI is InChI=1S/C27H36N4O2S2/c1-4-5-6-7-8-10-14-31-26(33)22(35-27(31)34)16-21-24(29-17-19(2)15-20(3)18-29)28-23-12-9-11-13-30(23)25(21)32/h9,11-13,16,19-20H,4-8,10,14-15,17-18H2,1-3H3/b22-16+/t19-,20-/m1/s1. The van der Waals surface area contributed by atoms with E-state index in [1.54, 1.807) is 21.6 Å². The van der Waals surface area contributed by atoms with Crippen molar-refractivity contribution in [1.29, 1.82) is 0 Å². The Morgan fingerprint density at radius 1 is 1.09 bits per heavy atom. The molecule has 2 aliphatic rings. The van der Waals surface area contributed by atoms with Gasteiger partial charge >= 0.3 is 0 Å². The van der Waals surface area contributed by atoms with E-state index in [9.17, 15) is 9.59 Å². The van der Waals surface area contributed by atoms with E-state index < -0.39 is 0 Å². The Morgan fingerprint density at radius 2 is 1.80 bits per heavy atom. The molecular formula is C27H36N4O2S2. The highest BCUT2D eigenvalue weighted by molar-refractivity contribution is 8.26. The first-order valence-electron chi connectivity index (χ1n) is 12.9. The third kappa shape index (κ3) is 5.97. The molecular weight excluding hydrogens is 476 g/mol. The second-order valence-electron chi connectivity index (χ2n) is 10.0. The van der Waals surface area contributed by atoms with Crippen LogP contribution in [0.5, 0.6) is 0 Å². The molecule has 0 bridgehead atoms. The molecule has 0 radical (unpaired) electrons. The maximum Gasteiger partial charge on any atom is 0.267 e. The number of rotatable bonds is 9. The van der Waals surface area contributed by atoms with Gasteiger partial charge in [0.25, 0.3) is 11.5 Å². The van der Waals surface area contributed by atoms with Crippen molar-refractivity contribution in [3.63, 3.8) is 0 Å². The molecule has 6 nitrogen and oxygen atoms in total. The topological polar surface area (TPSA) is 57.9 Å². The molecule has 8 heteroatoms. The van der Waals surface area contributed by atoms with Crippen LogP contribution < -0.4 is 10.5 Å². The SMILES string of the molecule is CCCCCCCCN1C(=O)/C(=C\c2c(N3C[C@H](C)C[C@@H](C)C3)nc3ccccn3c2=O)SC1=S. The molecule has 2 aromatic rings. The zero-order valence-electron chi connectivity index (χ0n) is 21.0. The van der Waals surface area contributed by atoms with Gasteiger partial charge in [-0.05, 0) is 42.9 Å². The average Bonchev–Trinajstić information content (AvgIpc) is 3.09. The molecule has 0 aromatic carbocycles. The lowest BCUT2D eigenvalue weighted by molar-refractivity contribution is -0.122. The number of fused-ring (bicyclic) bond motifs is 1. The van der Waals surface area contributed by atoms with Crippen molar-refractivity contribution in [3.05, 3.63) is 45.2 Å². The number of hydrogen-bond acceptors (Lipinski definition) is 6. The van der Waals surface area contributed by atoms with Crippen LogP contribution in [0.15, 0.2) is 34.1 Å². The summed E-state index contributed by atoms with van der Waals surface area (Å²) in [5, 5.41) is 0. The molecule has 0 unspecified atom stereocenters. The van der Waals surface area contributed by atoms with E-state index >= 15 is 0 Å². The highest BCUT2D eigenvalue weighted by atomic mass is 32.2. The number of unbranched alkanes of at least 4 members (excludes halogenated alkanes) is 5. The third-order valence-electron chi connectivity index (χ3n) is 6.80. The largest absolute Gasteiger partial charge is 0.355 e. The van der Waals surface area contributed by atoms with E-state index in [-0.39, 0.29) is 11.5 Å². The van der Waals surface area contributed by atoms with Crippen molar-refractivity contribution >= 4 is 51.7 Å². The van der Waals surface area contributed by atoms with Gasteiger partial charge in [-0.15, -0.1) is 0 Å². The zero-order valence-corrected chi connectivity index (χ0v) is 22.7. The van der Waals surface area contributed by atoms with Crippen LogP contribution >= 0.6 is 24.0 Å².